The number of benzene rings is 1. The van der Waals surface area contributed by atoms with Gasteiger partial charge in [-0.15, -0.1) is 0 Å². The van der Waals surface area contributed by atoms with Crippen molar-refractivity contribution < 1.29 is 18.8 Å². The molecular formula is C13H15N3O4. The second-order valence-electron chi connectivity index (χ2n) is 3.89. The van der Waals surface area contributed by atoms with Crippen molar-refractivity contribution in [2.24, 2.45) is 5.84 Å². The lowest BCUT2D eigenvalue weighted by Crippen LogP contribution is -2.30. The summed E-state index contributed by atoms with van der Waals surface area (Å²) in [5, 5.41) is 3.65. The van der Waals surface area contributed by atoms with Crippen molar-refractivity contribution in [3.63, 3.8) is 0 Å². The lowest BCUT2D eigenvalue weighted by molar-refractivity contribution is 0.0944. The van der Waals surface area contributed by atoms with E-state index in [1.807, 2.05) is 23.6 Å². The number of nitrogens with zero attached hydrogens (tertiary/aromatic N) is 1. The maximum Gasteiger partial charge on any atom is 0.287 e. The summed E-state index contributed by atoms with van der Waals surface area (Å²) in [7, 11) is 1.60. The first-order valence-electron chi connectivity index (χ1n) is 5.95. The number of hydrogen-bond donors (Lipinski definition) is 2. The van der Waals surface area contributed by atoms with Gasteiger partial charge in [-0.05, 0) is 12.1 Å². The van der Waals surface area contributed by atoms with Crippen LogP contribution in [0.25, 0.3) is 11.3 Å². The summed E-state index contributed by atoms with van der Waals surface area (Å²) in [5.41, 5.74) is 2.80. The summed E-state index contributed by atoms with van der Waals surface area (Å²) in [5.74, 6) is 5.58. The maximum absolute atomic E-state index is 11.3. The van der Waals surface area contributed by atoms with Crippen LogP contribution in [0.1, 0.15) is 10.5 Å². The normalized spacial score (nSPS) is 10.3. The number of ether oxygens (including phenoxy) is 2. The molecule has 0 atom stereocenters. The zero-order chi connectivity index (χ0) is 14.4. The highest BCUT2D eigenvalue weighted by Gasteiger charge is 2.15. The standard InChI is InChI=1S/C13H15N3O4/c1-18-6-7-19-11-5-3-2-4-9(11)12-8-10(16-20-12)13(17)15-14/h2-5,8H,6-7,14H2,1H3,(H,15,17). The number of nitrogen functional groups attached to an aromatic ring is 1. The number of methoxy groups -OCH3 is 1. The van der Waals surface area contributed by atoms with E-state index in [1.54, 1.807) is 13.2 Å². The average Bonchev–Trinajstić information content (AvgIpc) is 2.97. The Morgan fingerprint density at radius 3 is 2.95 bits per heavy atom. The Kier molecular flexibility index (Phi) is 4.70. The number of carbonyl (C=O) groups is 1. The highest BCUT2D eigenvalue weighted by molar-refractivity contribution is 5.92. The van der Waals surface area contributed by atoms with Crippen LogP contribution in [0.2, 0.25) is 0 Å². The van der Waals surface area contributed by atoms with Gasteiger partial charge < -0.3 is 14.0 Å². The first-order chi connectivity index (χ1) is 9.76. The molecule has 0 aliphatic rings. The van der Waals surface area contributed by atoms with E-state index in [0.717, 1.165) is 0 Å². The Bertz CT molecular complexity index is 583. The van der Waals surface area contributed by atoms with Gasteiger partial charge in [0.1, 0.15) is 12.4 Å². The molecule has 1 aromatic heterocycles. The fourth-order valence-electron chi connectivity index (χ4n) is 1.61. The van der Waals surface area contributed by atoms with E-state index < -0.39 is 5.91 Å². The molecule has 2 aromatic rings. The Labute approximate surface area is 115 Å². The zero-order valence-corrected chi connectivity index (χ0v) is 11.0. The molecule has 20 heavy (non-hydrogen) atoms. The van der Waals surface area contributed by atoms with Crippen LogP contribution in [0.15, 0.2) is 34.9 Å². The smallest absolute Gasteiger partial charge is 0.287 e. The largest absolute Gasteiger partial charge is 0.490 e. The molecule has 7 heteroatoms. The summed E-state index contributed by atoms with van der Waals surface area (Å²) < 4.78 is 15.7. The van der Waals surface area contributed by atoms with Crippen LogP contribution in [-0.4, -0.2) is 31.4 Å². The number of amides is 1. The number of nitrogens with one attached hydrogen (secondary N) is 1. The fraction of sp³-hybridized carbons (Fsp3) is 0.231. The second-order valence-corrected chi connectivity index (χ2v) is 3.89. The van der Waals surface area contributed by atoms with E-state index in [4.69, 9.17) is 19.8 Å². The summed E-state index contributed by atoms with van der Waals surface area (Å²) in [6, 6.07) is 8.79. The topological polar surface area (TPSA) is 99.6 Å². The third-order valence-corrected chi connectivity index (χ3v) is 2.57. The predicted molar refractivity (Wildman–Crippen MR) is 71.0 cm³/mol. The highest BCUT2D eigenvalue weighted by atomic mass is 16.5. The van der Waals surface area contributed by atoms with Gasteiger partial charge >= 0.3 is 0 Å². The van der Waals surface area contributed by atoms with Crippen LogP contribution in [0.3, 0.4) is 0 Å². The number of nitrogens with two attached hydrogens (primary N) is 1. The molecule has 0 bridgehead atoms. The predicted octanol–water partition coefficient (Wildman–Crippen LogP) is 0.970. The van der Waals surface area contributed by atoms with E-state index >= 15 is 0 Å². The molecule has 7 nitrogen and oxygen atoms in total. The molecule has 0 spiro atoms. The molecule has 1 amide bonds. The van der Waals surface area contributed by atoms with E-state index in [9.17, 15) is 4.79 Å². The summed E-state index contributed by atoms with van der Waals surface area (Å²) in [6.07, 6.45) is 0. The Hall–Kier alpha value is -2.38. The lowest BCUT2D eigenvalue weighted by atomic mass is 10.1. The molecule has 0 fully saturated rings. The third kappa shape index (κ3) is 3.14. The second kappa shape index (κ2) is 6.69. The third-order valence-electron chi connectivity index (χ3n) is 2.57. The van der Waals surface area contributed by atoms with Crippen LogP contribution in [-0.2, 0) is 4.74 Å². The molecule has 0 unspecified atom stereocenters. The van der Waals surface area contributed by atoms with E-state index in [2.05, 4.69) is 5.16 Å². The molecular weight excluding hydrogens is 262 g/mol. The van der Waals surface area contributed by atoms with Crippen molar-refractivity contribution in [1.29, 1.82) is 0 Å². The van der Waals surface area contributed by atoms with Gasteiger partial charge in [-0.3, -0.25) is 10.2 Å². The van der Waals surface area contributed by atoms with Crippen molar-refractivity contribution in [3.05, 3.63) is 36.0 Å². The van der Waals surface area contributed by atoms with Crippen molar-refractivity contribution in [3.8, 4) is 17.1 Å². The van der Waals surface area contributed by atoms with Gasteiger partial charge in [-0.2, -0.15) is 0 Å². The number of hydrazine groups is 1. The zero-order valence-electron chi connectivity index (χ0n) is 11.0. The summed E-state index contributed by atoms with van der Waals surface area (Å²) in [6.45, 7) is 0.892. The molecule has 0 saturated carbocycles. The van der Waals surface area contributed by atoms with Crippen molar-refractivity contribution in [2.75, 3.05) is 20.3 Å². The monoisotopic (exact) mass is 277 g/mol. The SMILES string of the molecule is COCCOc1ccccc1-c1cc(C(=O)NN)no1. The van der Waals surface area contributed by atoms with Gasteiger partial charge in [0.2, 0.25) is 0 Å². The lowest BCUT2D eigenvalue weighted by Gasteiger charge is -2.08. The van der Waals surface area contributed by atoms with Crippen LogP contribution in [0.4, 0.5) is 0 Å². The molecule has 0 aliphatic carbocycles. The summed E-state index contributed by atoms with van der Waals surface area (Å²) >= 11 is 0. The minimum absolute atomic E-state index is 0.106. The van der Waals surface area contributed by atoms with Crippen LogP contribution >= 0.6 is 0 Å². The number of aromatic nitrogens is 1. The van der Waals surface area contributed by atoms with Gasteiger partial charge in [-0.1, -0.05) is 17.3 Å². The first-order valence-corrected chi connectivity index (χ1v) is 5.95. The highest BCUT2D eigenvalue weighted by Crippen LogP contribution is 2.30. The molecule has 106 valence electrons. The number of rotatable bonds is 6. The minimum Gasteiger partial charge on any atom is -0.490 e. The van der Waals surface area contributed by atoms with Gasteiger partial charge in [0, 0.05) is 13.2 Å². The molecule has 3 N–H and O–H groups in total. The Morgan fingerprint density at radius 2 is 2.20 bits per heavy atom. The van der Waals surface area contributed by atoms with Gasteiger partial charge in [-0.25, -0.2) is 5.84 Å². The number of hydrogen-bond acceptors (Lipinski definition) is 6. The number of carbonyl (C=O) groups excluding carboxylic acids is 1. The van der Waals surface area contributed by atoms with Crippen molar-refractivity contribution >= 4 is 5.91 Å². The molecule has 1 heterocycles. The molecule has 2 rings (SSSR count). The van der Waals surface area contributed by atoms with Crippen LogP contribution in [0.5, 0.6) is 5.75 Å². The first kappa shape index (κ1) is 14.0. The molecule has 0 aliphatic heterocycles. The van der Waals surface area contributed by atoms with Gasteiger partial charge in [0.15, 0.2) is 11.5 Å². The van der Waals surface area contributed by atoms with Crippen LogP contribution < -0.4 is 16.0 Å². The van der Waals surface area contributed by atoms with Gasteiger partial charge in [0.25, 0.3) is 5.91 Å². The van der Waals surface area contributed by atoms with Crippen LogP contribution in [0, 0.1) is 0 Å². The Balaban J connectivity index is 2.23. The number of para-hydroxylation sites is 1. The van der Waals surface area contributed by atoms with E-state index in [1.165, 1.54) is 6.07 Å². The molecule has 1 aromatic carbocycles. The van der Waals surface area contributed by atoms with E-state index in [-0.39, 0.29) is 5.69 Å². The average molecular weight is 277 g/mol. The van der Waals surface area contributed by atoms with E-state index in [0.29, 0.717) is 30.3 Å². The molecule has 0 saturated heterocycles. The molecule has 0 radical (unpaired) electrons. The van der Waals surface area contributed by atoms with Crippen molar-refractivity contribution in [1.82, 2.24) is 10.6 Å². The van der Waals surface area contributed by atoms with Crippen molar-refractivity contribution in [2.45, 2.75) is 0 Å². The minimum atomic E-state index is -0.516. The fourth-order valence-corrected chi connectivity index (χ4v) is 1.61. The maximum atomic E-state index is 11.3. The summed E-state index contributed by atoms with van der Waals surface area (Å²) in [4.78, 5) is 11.3. The van der Waals surface area contributed by atoms with Gasteiger partial charge in [0.05, 0.1) is 12.2 Å². The quantitative estimate of drug-likeness (QED) is 0.353. The Morgan fingerprint density at radius 1 is 1.40 bits per heavy atom.